The lowest BCUT2D eigenvalue weighted by Gasteiger charge is -2.26. The fraction of sp³-hybridized carbons (Fsp3) is 0.312. The van der Waals surface area contributed by atoms with Crippen molar-refractivity contribution in [3.63, 3.8) is 0 Å². The van der Waals surface area contributed by atoms with Gasteiger partial charge in [0.2, 0.25) is 0 Å². The number of anilines is 1. The maximum Gasteiger partial charge on any atom is 0.126 e. The number of rotatable bonds is 4. The van der Waals surface area contributed by atoms with Crippen molar-refractivity contribution in [3.8, 4) is 0 Å². The van der Waals surface area contributed by atoms with Gasteiger partial charge >= 0.3 is 0 Å². The first-order valence-electron chi connectivity index (χ1n) is 6.31. The maximum absolute atomic E-state index is 4.46. The van der Waals surface area contributed by atoms with Crippen LogP contribution in [0.15, 0.2) is 48.5 Å². The molecule has 1 heterocycles. The normalized spacial score (nSPS) is 11.3. The maximum atomic E-state index is 4.46. The lowest BCUT2D eigenvalue weighted by Crippen LogP contribution is -2.27. The van der Waals surface area contributed by atoms with Gasteiger partial charge in [0.05, 0.1) is 0 Å². The van der Waals surface area contributed by atoms with Crippen LogP contribution in [0.2, 0.25) is 0 Å². The second-order valence-electron chi connectivity index (χ2n) is 5.27. The molecular formula is C16H20N2. The highest BCUT2D eigenvalue weighted by atomic mass is 15.0. The lowest BCUT2D eigenvalue weighted by atomic mass is 9.84. The Morgan fingerprint density at radius 3 is 2.39 bits per heavy atom. The Morgan fingerprint density at radius 1 is 1.00 bits per heavy atom. The molecule has 1 aromatic carbocycles. The Morgan fingerprint density at radius 2 is 1.72 bits per heavy atom. The number of nitrogens with one attached hydrogen (secondary N) is 1. The minimum absolute atomic E-state index is 0.0900. The zero-order valence-corrected chi connectivity index (χ0v) is 11.3. The van der Waals surface area contributed by atoms with E-state index in [0.717, 1.165) is 18.1 Å². The summed E-state index contributed by atoms with van der Waals surface area (Å²) in [5, 5.41) is 3.41. The molecule has 0 bridgehead atoms. The third-order valence-corrected chi connectivity index (χ3v) is 3.16. The molecule has 2 nitrogen and oxygen atoms in total. The van der Waals surface area contributed by atoms with Crippen molar-refractivity contribution in [1.82, 2.24) is 4.98 Å². The van der Waals surface area contributed by atoms with Gasteiger partial charge < -0.3 is 5.32 Å². The molecule has 0 atom stereocenters. The number of nitrogens with zero attached hydrogens (tertiary/aromatic N) is 1. The van der Waals surface area contributed by atoms with Crippen LogP contribution >= 0.6 is 0 Å². The predicted molar refractivity (Wildman–Crippen MR) is 76.9 cm³/mol. The lowest BCUT2D eigenvalue weighted by molar-refractivity contribution is 0.556. The number of benzene rings is 1. The molecule has 0 saturated carbocycles. The van der Waals surface area contributed by atoms with Gasteiger partial charge in [0.1, 0.15) is 5.82 Å². The molecule has 0 aliphatic heterocycles. The molecule has 1 aromatic heterocycles. The Hall–Kier alpha value is -1.83. The average Bonchev–Trinajstić information content (AvgIpc) is 2.38. The molecule has 0 spiro atoms. The van der Waals surface area contributed by atoms with E-state index in [1.807, 2.05) is 25.1 Å². The van der Waals surface area contributed by atoms with Crippen LogP contribution in [0.3, 0.4) is 0 Å². The highest BCUT2D eigenvalue weighted by Gasteiger charge is 2.19. The van der Waals surface area contributed by atoms with Crippen molar-refractivity contribution in [2.75, 3.05) is 11.9 Å². The third-order valence-electron chi connectivity index (χ3n) is 3.16. The van der Waals surface area contributed by atoms with Crippen LogP contribution in [0.1, 0.15) is 25.1 Å². The van der Waals surface area contributed by atoms with Gasteiger partial charge in [-0.3, -0.25) is 0 Å². The van der Waals surface area contributed by atoms with Gasteiger partial charge in [-0.2, -0.15) is 0 Å². The number of hydrogen-bond acceptors (Lipinski definition) is 2. The van der Waals surface area contributed by atoms with Gasteiger partial charge in [0.15, 0.2) is 0 Å². The Labute approximate surface area is 109 Å². The number of pyridine rings is 1. The molecule has 0 aliphatic rings. The van der Waals surface area contributed by atoms with Crippen molar-refractivity contribution in [2.45, 2.75) is 26.2 Å². The highest BCUT2D eigenvalue weighted by Crippen LogP contribution is 2.23. The summed E-state index contributed by atoms with van der Waals surface area (Å²) in [7, 11) is 0. The van der Waals surface area contributed by atoms with Crippen LogP contribution in [-0.4, -0.2) is 11.5 Å². The zero-order valence-electron chi connectivity index (χ0n) is 11.3. The monoisotopic (exact) mass is 240 g/mol. The van der Waals surface area contributed by atoms with E-state index in [2.05, 4.69) is 54.5 Å². The van der Waals surface area contributed by atoms with Crippen LogP contribution < -0.4 is 5.32 Å². The van der Waals surface area contributed by atoms with Crippen LogP contribution in [0, 0.1) is 6.92 Å². The van der Waals surface area contributed by atoms with Gasteiger partial charge in [0.25, 0.3) is 0 Å². The quantitative estimate of drug-likeness (QED) is 0.879. The Bertz CT molecular complexity index is 504. The first-order valence-corrected chi connectivity index (χ1v) is 6.31. The van der Waals surface area contributed by atoms with Crippen molar-refractivity contribution in [2.24, 2.45) is 0 Å². The molecule has 0 radical (unpaired) electrons. The topological polar surface area (TPSA) is 24.9 Å². The molecule has 2 rings (SSSR count). The molecule has 94 valence electrons. The summed E-state index contributed by atoms with van der Waals surface area (Å²) in [6.07, 6.45) is 0. The summed E-state index contributed by atoms with van der Waals surface area (Å²) in [5.41, 5.74) is 2.47. The van der Waals surface area contributed by atoms with Crippen LogP contribution in [0.4, 0.5) is 5.82 Å². The third kappa shape index (κ3) is 3.10. The summed E-state index contributed by atoms with van der Waals surface area (Å²) in [6.45, 7) is 7.36. The second kappa shape index (κ2) is 5.21. The largest absolute Gasteiger partial charge is 0.369 e. The number of hydrogen-bond donors (Lipinski definition) is 1. The van der Waals surface area contributed by atoms with E-state index in [1.54, 1.807) is 0 Å². The average molecular weight is 240 g/mol. The molecule has 0 saturated heterocycles. The molecule has 18 heavy (non-hydrogen) atoms. The summed E-state index contributed by atoms with van der Waals surface area (Å²) in [5.74, 6) is 0.944. The van der Waals surface area contributed by atoms with Crippen LogP contribution in [-0.2, 0) is 5.41 Å². The first kappa shape index (κ1) is 12.6. The van der Waals surface area contributed by atoms with E-state index in [9.17, 15) is 0 Å². The van der Waals surface area contributed by atoms with E-state index in [1.165, 1.54) is 5.56 Å². The van der Waals surface area contributed by atoms with Crippen molar-refractivity contribution in [3.05, 3.63) is 59.8 Å². The smallest absolute Gasteiger partial charge is 0.126 e. The van der Waals surface area contributed by atoms with Gasteiger partial charge in [-0.25, -0.2) is 4.98 Å². The van der Waals surface area contributed by atoms with E-state index < -0.39 is 0 Å². The molecular weight excluding hydrogens is 220 g/mol. The van der Waals surface area contributed by atoms with Gasteiger partial charge in [0, 0.05) is 17.7 Å². The second-order valence-corrected chi connectivity index (χ2v) is 5.27. The molecule has 0 unspecified atom stereocenters. The van der Waals surface area contributed by atoms with E-state index >= 15 is 0 Å². The molecule has 0 fully saturated rings. The first-order chi connectivity index (χ1) is 8.58. The molecule has 0 aliphatic carbocycles. The summed E-state index contributed by atoms with van der Waals surface area (Å²) in [6, 6.07) is 16.6. The SMILES string of the molecule is Cc1cccc(NCC(C)(C)c2ccccc2)n1. The number of aromatic nitrogens is 1. The number of aryl methyl sites for hydroxylation is 1. The minimum Gasteiger partial charge on any atom is -0.369 e. The standard InChI is InChI=1S/C16H20N2/c1-13-8-7-11-15(18-13)17-12-16(2,3)14-9-5-4-6-10-14/h4-11H,12H2,1-3H3,(H,17,18). The molecule has 1 N–H and O–H groups in total. The molecule has 2 aromatic rings. The molecule has 2 heteroatoms. The van der Waals surface area contributed by atoms with Gasteiger partial charge in [-0.1, -0.05) is 50.2 Å². The van der Waals surface area contributed by atoms with Gasteiger partial charge in [-0.05, 0) is 24.6 Å². The summed E-state index contributed by atoms with van der Waals surface area (Å²) < 4.78 is 0. The molecule has 0 amide bonds. The Kier molecular flexibility index (Phi) is 3.66. The van der Waals surface area contributed by atoms with Crippen molar-refractivity contribution < 1.29 is 0 Å². The van der Waals surface area contributed by atoms with E-state index in [0.29, 0.717) is 0 Å². The Balaban J connectivity index is 2.05. The van der Waals surface area contributed by atoms with Crippen molar-refractivity contribution in [1.29, 1.82) is 0 Å². The summed E-state index contributed by atoms with van der Waals surface area (Å²) >= 11 is 0. The fourth-order valence-electron chi connectivity index (χ4n) is 1.94. The summed E-state index contributed by atoms with van der Waals surface area (Å²) in [4.78, 5) is 4.46. The van der Waals surface area contributed by atoms with E-state index in [4.69, 9.17) is 0 Å². The van der Waals surface area contributed by atoms with Crippen molar-refractivity contribution >= 4 is 5.82 Å². The minimum atomic E-state index is 0.0900. The zero-order chi connectivity index (χ0) is 13.0. The van der Waals surface area contributed by atoms with Crippen LogP contribution in [0.25, 0.3) is 0 Å². The highest BCUT2D eigenvalue weighted by molar-refractivity contribution is 5.37. The van der Waals surface area contributed by atoms with E-state index in [-0.39, 0.29) is 5.41 Å². The van der Waals surface area contributed by atoms with Gasteiger partial charge in [-0.15, -0.1) is 0 Å². The fourth-order valence-corrected chi connectivity index (χ4v) is 1.94. The predicted octanol–water partition coefficient (Wildman–Crippen LogP) is 3.78. The van der Waals surface area contributed by atoms with Crippen LogP contribution in [0.5, 0.6) is 0 Å².